The van der Waals surface area contributed by atoms with Gasteiger partial charge in [-0.05, 0) is 31.0 Å². The first-order valence-electron chi connectivity index (χ1n) is 6.02. The third-order valence-electron chi connectivity index (χ3n) is 3.43. The second kappa shape index (κ2) is 4.26. The Morgan fingerprint density at radius 3 is 3.12 bits per heavy atom. The number of para-hydroxylation sites is 1. The lowest BCUT2D eigenvalue weighted by atomic mass is 10.0. The summed E-state index contributed by atoms with van der Waals surface area (Å²) in [7, 11) is 0. The van der Waals surface area contributed by atoms with Gasteiger partial charge >= 0.3 is 0 Å². The van der Waals surface area contributed by atoms with E-state index >= 15 is 0 Å². The highest BCUT2D eigenvalue weighted by Gasteiger charge is 2.21. The molecule has 0 amide bonds. The maximum Gasteiger partial charge on any atom is 0.0918 e. The zero-order chi connectivity index (χ0) is 10.8. The number of benzene rings is 1. The van der Waals surface area contributed by atoms with Crippen LogP contribution in [-0.4, -0.2) is 30.4 Å². The van der Waals surface area contributed by atoms with Crippen molar-refractivity contribution in [1.29, 1.82) is 0 Å². The van der Waals surface area contributed by atoms with Gasteiger partial charge in [-0.15, -0.1) is 0 Å². The van der Waals surface area contributed by atoms with E-state index in [0.29, 0.717) is 6.04 Å². The first kappa shape index (κ1) is 9.85. The topological polar surface area (TPSA) is 27.6 Å². The summed E-state index contributed by atoms with van der Waals surface area (Å²) in [5, 5.41) is 3.45. The van der Waals surface area contributed by atoms with Gasteiger partial charge in [-0.3, -0.25) is 0 Å². The maximum atomic E-state index is 4.52. The molecule has 16 heavy (non-hydrogen) atoms. The lowest BCUT2D eigenvalue weighted by Crippen LogP contribution is -2.45. The zero-order valence-corrected chi connectivity index (χ0v) is 9.39. The third kappa shape index (κ3) is 1.83. The zero-order valence-electron chi connectivity index (χ0n) is 9.39. The molecule has 0 saturated carbocycles. The fourth-order valence-electron chi connectivity index (χ4n) is 2.48. The van der Waals surface area contributed by atoms with E-state index in [1.54, 1.807) is 0 Å². The predicted molar refractivity (Wildman–Crippen MR) is 66.0 cm³/mol. The van der Waals surface area contributed by atoms with E-state index in [2.05, 4.69) is 33.4 Å². The normalized spacial score (nSPS) is 24.2. The van der Waals surface area contributed by atoms with Crippen molar-refractivity contribution in [2.24, 2.45) is 4.99 Å². The average Bonchev–Trinajstić information content (AvgIpc) is 2.39. The molecule has 1 atom stereocenters. The van der Waals surface area contributed by atoms with E-state index in [4.69, 9.17) is 0 Å². The van der Waals surface area contributed by atoms with Crippen LogP contribution >= 0.6 is 0 Å². The Balaban J connectivity index is 1.77. The number of aliphatic imine (C=N–C) groups is 1. The number of piperidine rings is 1. The van der Waals surface area contributed by atoms with Crippen molar-refractivity contribution >= 4 is 12.0 Å². The van der Waals surface area contributed by atoms with Gasteiger partial charge in [-0.25, -0.2) is 4.99 Å². The molecule has 2 heterocycles. The van der Waals surface area contributed by atoms with Crippen LogP contribution in [-0.2, 0) is 6.54 Å². The number of nitrogens with zero attached hydrogens (tertiary/aromatic N) is 2. The Hall–Kier alpha value is -1.35. The molecular weight excluding hydrogens is 198 g/mol. The summed E-state index contributed by atoms with van der Waals surface area (Å²) in [6.07, 6.45) is 4.57. The highest BCUT2D eigenvalue weighted by Crippen LogP contribution is 2.25. The molecule has 1 fully saturated rings. The van der Waals surface area contributed by atoms with Gasteiger partial charge in [0.1, 0.15) is 0 Å². The number of fused-ring (bicyclic) bond motifs is 1. The van der Waals surface area contributed by atoms with Crippen molar-refractivity contribution < 1.29 is 0 Å². The van der Waals surface area contributed by atoms with Crippen LogP contribution in [0.15, 0.2) is 29.3 Å². The molecule has 0 aliphatic carbocycles. The van der Waals surface area contributed by atoms with Gasteiger partial charge in [-0.1, -0.05) is 18.2 Å². The van der Waals surface area contributed by atoms with Gasteiger partial charge in [-0.2, -0.15) is 0 Å². The molecule has 1 N–H and O–H groups in total. The molecule has 3 rings (SSSR count). The van der Waals surface area contributed by atoms with Gasteiger partial charge in [0.15, 0.2) is 0 Å². The van der Waals surface area contributed by atoms with Crippen LogP contribution in [0.2, 0.25) is 0 Å². The lowest BCUT2D eigenvalue weighted by molar-refractivity contribution is 0.255. The van der Waals surface area contributed by atoms with E-state index in [1.165, 1.54) is 18.4 Å². The third-order valence-corrected chi connectivity index (χ3v) is 3.43. The Morgan fingerprint density at radius 2 is 2.25 bits per heavy atom. The highest BCUT2D eigenvalue weighted by atomic mass is 15.2. The molecule has 0 aromatic heterocycles. The summed E-state index contributed by atoms with van der Waals surface area (Å²) in [6.45, 7) is 3.26. The Morgan fingerprint density at radius 1 is 1.31 bits per heavy atom. The van der Waals surface area contributed by atoms with Crippen LogP contribution in [0.4, 0.5) is 5.69 Å². The molecule has 0 unspecified atom stereocenters. The number of hydrogen-bond donors (Lipinski definition) is 1. The molecule has 0 bridgehead atoms. The monoisotopic (exact) mass is 215 g/mol. The molecule has 2 aliphatic rings. The van der Waals surface area contributed by atoms with Crippen molar-refractivity contribution in [2.75, 3.05) is 13.1 Å². The summed E-state index contributed by atoms with van der Waals surface area (Å²) < 4.78 is 0. The molecule has 0 spiro atoms. The Labute approximate surface area is 96.2 Å². The first-order valence-corrected chi connectivity index (χ1v) is 6.02. The van der Waals surface area contributed by atoms with Gasteiger partial charge in [0, 0.05) is 19.1 Å². The SMILES string of the molecule is C1=Nc2ccccc2CN1[C@@H]1CCCNC1. The molecule has 1 aromatic carbocycles. The highest BCUT2D eigenvalue weighted by molar-refractivity contribution is 5.67. The quantitative estimate of drug-likeness (QED) is 0.775. The van der Waals surface area contributed by atoms with E-state index in [1.807, 2.05) is 12.4 Å². The standard InChI is InChI=1S/C13H17N3/c1-2-6-13-11(4-1)9-16(10-15-13)12-5-3-7-14-8-12/h1-2,4,6,10,12,14H,3,5,7-9H2/t12-/m1/s1. The van der Waals surface area contributed by atoms with Gasteiger partial charge in [0.25, 0.3) is 0 Å². The Kier molecular flexibility index (Phi) is 2.62. The fourth-order valence-corrected chi connectivity index (χ4v) is 2.48. The van der Waals surface area contributed by atoms with Gasteiger partial charge in [0.05, 0.1) is 12.0 Å². The number of nitrogens with one attached hydrogen (secondary N) is 1. The lowest BCUT2D eigenvalue weighted by Gasteiger charge is -2.35. The Bertz CT molecular complexity index is 394. The summed E-state index contributed by atoms with van der Waals surface area (Å²) in [5.41, 5.74) is 2.47. The number of hydrogen-bond acceptors (Lipinski definition) is 3. The summed E-state index contributed by atoms with van der Waals surface area (Å²) in [6, 6.07) is 9.02. The van der Waals surface area contributed by atoms with E-state index < -0.39 is 0 Å². The second-order valence-corrected chi connectivity index (χ2v) is 4.55. The van der Waals surface area contributed by atoms with Crippen molar-refractivity contribution in [3.05, 3.63) is 29.8 Å². The molecule has 1 aromatic rings. The molecule has 3 heteroatoms. The molecule has 0 radical (unpaired) electrons. The molecule has 3 nitrogen and oxygen atoms in total. The van der Waals surface area contributed by atoms with E-state index in [-0.39, 0.29) is 0 Å². The summed E-state index contributed by atoms with van der Waals surface area (Å²) in [4.78, 5) is 6.89. The molecule has 1 saturated heterocycles. The minimum atomic E-state index is 0.617. The van der Waals surface area contributed by atoms with Crippen LogP contribution in [0, 0.1) is 0 Å². The predicted octanol–water partition coefficient (Wildman–Crippen LogP) is 1.91. The molecule has 84 valence electrons. The van der Waals surface area contributed by atoms with Crippen molar-refractivity contribution in [1.82, 2.24) is 10.2 Å². The van der Waals surface area contributed by atoms with E-state index in [0.717, 1.165) is 25.3 Å². The fraction of sp³-hybridized carbons (Fsp3) is 0.462. The minimum Gasteiger partial charge on any atom is -0.354 e. The summed E-state index contributed by atoms with van der Waals surface area (Å²) in [5.74, 6) is 0. The summed E-state index contributed by atoms with van der Waals surface area (Å²) >= 11 is 0. The van der Waals surface area contributed by atoms with Gasteiger partial charge in [0.2, 0.25) is 0 Å². The average molecular weight is 215 g/mol. The van der Waals surface area contributed by atoms with Crippen LogP contribution in [0.1, 0.15) is 18.4 Å². The van der Waals surface area contributed by atoms with Crippen molar-refractivity contribution in [3.63, 3.8) is 0 Å². The largest absolute Gasteiger partial charge is 0.354 e. The molecular formula is C13H17N3. The second-order valence-electron chi connectivity index (χ2n) is 4.55. The van der Waals surface area contributed by atoms with Gasteiger partial charge < -0.3 is 10.2 Å². The van der Waals surface area contributed by atoms with Crippen LogP contribution < -0.4 is 5.32 Å². The van der Waals surface area contributed by atoms with Crippen LogP contribution in [0.5, 0.6) is 0 Å². The first-order chi connectivity index (χ1) is 7.93. The van der Waals surface area contributed by atoms with Crippen molar-refractivity contribution in [3.8, 4) is 0 Å². The van der Waals surface area contributed by atoms with Crippen molar-refractivity contribution in [2.45, 2.75) is 25.4 Å². The smallest absolute Gasteiger partial charge is 0.0918 e. The molecule has 2 aliphatic heterocycles. The number of rotatable bonds is 1. The maximum absolute atomic E-state index is 4.52. The van der Waals surface area contributed by atoms with Crippen LogP contribution in [0.3, 0.4) is 0 Å². The van der Waals surface area contributed by atoms with E-state index in [9.17, 15) is 0 Å². The van der Waals surface area contributed by atoms with Crippen LogP contribution in [0.25, 0.3) is 0 Å². The minimum absolute atomic E-state index is 0.617.